The average Bonchev–Trinajstić information content (AvgIpc) is 3.26. The van der Waals surface area contributed by atoms with Gasteiger partial charge in [0.25, 0.3) is 11.8 Å². The van der Waals surface area contributed by atoms with Crippen molar-refractivity contribution in [3.63, 3.8) is 0 Å². The van der Waals surface area contributed by atoms with Gasteiger partial charge in [0.15, 0.2) is 0 Å². The number of amides is 2. The molecule has 0 N–H and O–H groups in total. The summed E-state index contributed by atoms with van der Waals surface area (Å²) in [5.41, 5.74) is 0. The van der Waals surface area contributed by atoms with Crippen LogP contribution in [-0.4, -0.2) is 48.5 Å². The first-order chi connectivity index (χ1) is 12.7. The third-order valence-corrected chi connectivity index (χ3v) is 4.87. The van der Waals surface area contributed by atoms with E-state index in [9.17, 15) is 14.4 Å². The van der Waals surface area contributed by atoms with Crippen LogP contribution in [0.1, 0.15) is 70.6 Å². The summed E-state index contributed by atoms with van der Waals surface area (Å²) in [5.74, 6) is -0.491. The number of imide groups is 1. The molecule has 1 atom stereocenters. The van der Waals surface area contributed by atoms with Crippen molar-refractivity contribution in [3.05, 3.63) is 12.2 Å². The van der Waals surface area contributed by atoms with Crippen LogP contribution in [0.15, 0.2) is 12.2 Å². The van der Waals surface area contributed by atoms with E-state index in [1.807, 2.05) is 0 Å². The van der Waals surface area contributed by atoms with Crippen molar-refractivity contribution in [3.8, 4) is 0 Å². The SMILES string of the molecule is O=C(CCCCCCCCCCN1C(=O)C=CC1=O)OCC1CCCO1. The van der Waals surface area contributed by atoms with Crippen molar-refractivity contribution >= 4 is 17.8 Å². The summed E-state index contributed by atoms with van der Waals surface area (Å²) in [7, 11) is 0. The monoisotopic (exact) mass is 365 g/mol. The van der Waals surface area contributed by atoms with Crippen LogP contribution in [0.4, 0.5) is 0 Å². The molecule has 26 heavy (non-hydrogen) atoms. The van der Waals surface area contributed by atoms with E-state index in [1.165, 1.54) is 17.1 Å². The fourth-order valence-corrected chi connectivity index (χ4v) is 3.29. The topological polar surface area (TPSA) is 72.9 Å². The number of hydrogen-bond donors (Lipinski definition) is 0. The van der Waals surface area contributed by atoms with Crippen LogP contribution >= 0.6 is 0 Å². The second-order valence-corrected chi connectivity index (χ2v) is 7.06. The summed E-state index contributed by atoms with van der Waals surface area (Å²) in [6, 6.07) is 0. The van der Waals surface area contributed by atoms with Crippen molar-refractivity contribution in [2.45, 2.75) is 76.7 Å². The summed E-state index contributed by atoms with van der Waals surface area (Å²) in [5, 5.41) is 0. The molecule has 0 bridgehead atoms. The summed E-state index contributed by atoms with van der Waals surface area (Å²) < 4.78 is 10.7. The number of carbonyl (C=O) groups excluding carboxylic acids is 3. The predicted molar refractivity (Wildman–Crippen MR) is 97.3 cm³/mol. The van der Waals surface area contributed by atoms with Crippen LogP contribution in [0.2, 0.25) is 0 Å². The van der Waals surface area contributed by atoms with Gasteiger partial charge in [0.1, 0.15) is 6.61 Å². The highest BCUT2D eigenvalue weighted by Gasteiger charge is 2.22. The minimum Gasteiger partial charge on any atom is -0.463 e. The number of carbonyl (C=O) groups is 3. The molecule has 0 aliphatic carbocycles. The molecule has 0 saturated carbocycles. The highest BCUT2D eigenvalue weighted by Crippen LogP contribution is 2.14. The lowest BCUT2D eigenvalue weighted by atomic mass is 10.1. The van der Waals surface area contributed by atoms with E-state index < -0.39 is 0 Å². The molecule has 2 aliphatic rings. The van der Waals surface area contributed by atoms with Crippen LogP contribution in [0.3, 0.4) is 0 Å². The van der Waals surface area contributed by atoms with E-state index in [4.69, 9.17) is 9.47 Å². The Kier molecular flexibility index (Phi) is 9.39. The van der Waals surface area contributed by atoms with Gasteiger partial charge in [-0.2, -0.15) is 0 Å². The Morgan fingerprint density at radius 2 is 1.62 bits per heavy atom. The van der Waals surface area contributed by atoms with Gasteiger partial charge in [-0.1, -0.05) is 38.5 Å². The number of unbranched alkanes of at least 4 members (excludes halogenated alkanes) is 7. The van der Waals surface area contributed by atoms with Gasteiger partial charge in [0.05, 0.1) is 6.10 Å². The highest BCUT2D eigenvalue weighted by molar-refractivity contribution is 6.12. The molecule has 6 nitrogen and oxygen atoms in total. The van der Waals surface area contributed by atoms with E-state index in [-0.39, 0.29) is 23.9 Å². The molecule has 1 saturated heterocycles. The normalized spacial score (nSPS) is 19.5. The zero-order valence-electron chi connectivity index (χ0n) is 15.6. The molecule has 1 unspecified atom stereocenters. The van der Waals surface area contributed by atoms with Crippen LogP contribution in [0, 0.1) is 0 Å². The Morgan fingerprint density at radius 1 is 1.00 bits per heavy atom. The minimum atomic E-state index is -0.190. The van der Waals surface area contributed by atoms with Crippen molar-refractivity contribution in [1.29, 1.82) is 0 Å². The molecule has 2 amide bonds. The molecule has 0 aromatic carbocycles. The maximum atomic E-state index is 11.6. The molecule has 0 aromatic rings. The smallest absolute Gasteiger partial charge is 0.305 e. The molecular weight excluding hydrogens is 334 g/mol. The number of esters is 1. The molecule has 2 heterocycles. The van der Waals surface area contributed by atoms with Gasteiger partial charge >= 0.3 is 5.97 Å². The molecule has 146 valence electrons. The number of rotatable bonds is 13. The lowest BCUT2D eigenvalue weighted by Crippen LogP contribution is -2.30. The van der Waals surface area contributed by atoms with Crippen LogP contribution in [-0.2, 0) is 23.9 Å². The first-order valence-corrected chi connectivity index (χ1v) is 9.97. The Balaban J connectivity index is 1.33. The van der Waals surface area contributed by atoms with E-state index in [0.717, 1.165) is 70.8 Å². The van der Waals surface area contributed by atoms with Gasteiger partial charge in [-0.25, -0.2) is 0 Å². The predicted octanol–water partition coefficient (Wildman–Crippen LogP) is 3.14. The van der Waals surface area contributed by atoms with Gasteiger partial charge in [-0.3, -0.25) is 19.3 Å². The minimum absolute atomic E-state index is 0.108. The molecule has 0 aromatic heterocycles. The summed E-state index contributed by atoms with van der Waals surface area (Å²) in [4.78, 5) is 35.7. The molecule has 2 aliphatic heterocycles. The third kappa shape index (κ3) is 7.68. The fraction of sp³-hybridized carbons (Fsp3) is 0.750. The maximum absolute atomic E-state index is 11.6. The quantitative estimate of drug-likeness (QED) is 0.285. The van der Waals surface area contributed by atoms with Crippen molar-refractivity contribution in [2.24, 2.45) is 0 Å². The molecule has 0 spiro atoms. The van der Waals surface area contributed by atoms with Crippen molar-refractivity contribution in [1.82, 2.24) is 4.90 Å². The molecule has 2 rings (SSSR count). The van der Waals surface area contributed by atoms with E-state index in [0.29, 0.717) is 19.6 Å². The standard InChI is InChI=1S/C20H31NO5/c22-18-12-13-19(23)21(18)14-8-6-4-2-1-3-5-7-11-20(24)26-16-17-10-9-15-25-17/h12-13,17H,1-11,14-16H2. The zero-order valence-corrected chi connectivity index (χ0v) is 15.6. The van der Waals surface area contributed by atoms with Crippen LogP contribution in [0.5, 0.6) is 0 Å². The molecule has 1 fully saturated rings. The second-order valence-electron chi connectivity index (χ2n) is 7.06. The third-order valence-electron chi connectivity index (χ3n) is 4.87. The average molecular weight is 365 g/mol. The lowest BCUT2D eigenvalue weighted by Gasteiger charge is -2.13. The van der Waals surface area contributed by atoms with Gasteiger partial charge in [0, 0.05) is 31.7 Å². The van der Waals surface area contributed by atoms with Gasteiger partial charge in [-0.05, 0) is 25.7 Å². The number of hydrogen-bond acceptors (Lipinski definition) is 5. The summed E-state index contributed by atoms with van der Waals surface area (Å²) in [6.45, 7) is 1.72. The largest absolute Gasteiger partial charge is 0.463 e. The number of ether oxygens (including phenoxy) is 2. The van der Waals surface area contributed by atoms with E-state index in [1.54, 1.807) is 0 Å². The second kappa shape index (κ2) is 11.8. The van der Waals surface area contributed by atoms with E-state index in [2.05, 4.69) is 0 Å². The summed E-state index contributed by atoms with van der Waals surface area (Å²) in [6.07, 6.45) is 13.7. The molecule has 6 heteroatoms. The van der Waals surface area contributed by atoms with Crippen molar-refractivity contribution < 1.29 is 23.9 Å². The van der Waals surface area contributed by atoms with Crippen molar-refractivity contribution in [2.75, 3.05) is 19.8 Å². The number of nitrogens with zero attached hydrogens (tertiary/aromatic N) is 1. The molecular formula is C20H31NO5. The first kappa shape index (κ1) is 20.6. The van der Waals surface area contributed by atoms with Crippen LogP contribution in [0.25, 0.3) is 0 Å². The molecule has 0 radical (unpaired) electrons. The maximum Gasteiger partial charge on any atom is 0.305 e. The Morgan fingerprint density at radius 3 is 2.23 bits per heavy atom. The highest BCUT2D eigenvalue weighted by atomic mass is 16.6. The zero-order chi connectivity index (χ0) is 18.6. The summed E-state index contributed by atoms with van der Waals surface area (Å²) >= 11 is 0. The first-order valence-electron chi connectivity index (χ1n) is 9.97. The van der Waals surface area contributed by atoms with Gasteiger partial charge < -0.3 is 9.47 Å². The van der Waals surface area contributed by atoms with Crippen LogP contribution < -0.4 is 0 Å². The lowest BCUT2D eigenvalue weighted by molar-refractivity contribution is -0.147. The van der Waals surface area contributed by atoms with Gasteiger partial charge in [-0.15, -0.1) is 0 Å². The Hall–Kier alpha value is -1.69. The Labute approximate surface area is 155 Å². The Bertz CT molecular complexity index is 478. The fourth-order valence-electron chi connectivity index (χ4n) is 3.29. The van der Waals surface area contributed by atoms with Gasteiger partial charge in [0.2, 0.25) is 0 Å². The van der Waals surface area contributed by atoms with E-state index >= 15 is 0 Å².